The van der Waals surface area contributed by atoms with E-state index in [4.69, 9.17) is 16.9 Å². The zero-order valence-corrected chi connectivity index (χ0v) is 13.1. The number of amides is 1. The van der Waals surface area contributed by atoms with Gasteiger partial charge in [0.1, 0.15) is 5.84 Å². The van der Waals surface area contributed by atoms with Crippen LogP contribution >= 0.6 is 0 Å². The van der Waals surface area contributed by atoms with Gasteiger partial charge in [-0.1, -0.05) is 18.2 Å². The van der Waals surface area contributed by atoms with Gasteiger partial charge in [-0.15, -0.1) is 0 Å². The van der Waals surface area contributed by atoms with Gasteiger partial charge >= 0.3 is 0 Å². The van der Waals surface area contributed by atoms with E-state index in [1.54, 1.807) is 17.0 Å². The van der Waals surface area contributed by atoms with Crippen LogP contribution in [-0.2, 0) is 6.54 Å². The number of nitrogens with two attached hydrogens (primary N) is 2. The molecule has 0 fully saturated rings. The summed E-state index contributed by atoms with van der Waals surface area (Å²) in [7, 11) is 3.69. The van der Waals surface area contributed by atoms with Crippen LogP contribution in [0.1, 0.15) is 10.4 Å². The summed E-state index contributed by atoms with van der Waals surface area (Å²) in [6.07, 6.45) is 0. The molecule has 6 heteroatoms. The number of anilines is 1. The van der Waals surface area contributed by atoms with Gasteiger partial charge in [0.05, 0.1) is 17.6 Å². The lowest BCUT2D eigenvalue weighted by molar-refractivity contribution is 0.100. The molecule has 0 saturated heterocycles. The van der Waals surface area contributed by atoms with Crippen molar-refractivity contribution in [3.8, 4) is 0 Å². The van der Waals surface area contributed by atoms with E-state index < -0.39 is 5.91 Å². The second kappa shape index (κ2) is 5.31. The van der Waals surface area contributed by atoms with Crippen LogP contribution in [0.4, 0.5) is 5.69 Å². The van der Waals surface area contributed by atoms with Gasteiger partial charge in [-0.05, 0) is 18.2 Å². The van der Waals surface area contributed by atoms with Gasteiger partial charge < -0.3 is 20.9 Å². The molecule has 0 aliphatic carbocycles. The van der Waals surface area contributed by atoms with E-state index in [1.165, 1.54) is 0 Å². The standard InChI is InChI=1S/C17H19N5O/c1-21(2)16(19)9-22-14-6-4-3-5-10(14)11-7-12(17(20)23)13(18)8-15(11)22/h3-8,19H,9,18H2,1-2H3,(H2,20,23). The summed E-state index contributed by atoms with van der Waals surface area (Å²) < 4.78 is 2.04. The highest BCUT2D eigenvalue weighted by Gasteiger charge is 2.16. The molecule has 0 spiro atoms. The number of carbonyl (C=O) groups is 1. The molecule has 0 aliphatic rings. The minimum Gasteiger partial charge on any atom is -0.398 e. The highest BCUT2D eigenvalue weighted by Crippen LogP contribution is 2.32. The number of likely N-dealkylation sites (N-methyl/N-ethyl adjacent to an activating group) is 1. The molecule has 0 atom stereocenters. The Hall–Kier alpha value is -3.02. The van der Waals surface area contributed by atoms with Crippen molar-refractivity contribution >= 4 is 39.2 Å². The number of amidine groups is 1. The topological polar surface area (TPSA) is 101 Å². The van der Waals surface area contributed by atoms with E-state index in [9.17, 15) is 4.79 Å². The maximum Gasteiger partial charge on any atom is 0.250 e. The third kappa shape index (κ3) is 2.38. The predicted octanol–water partition coefficient (Wildman–Crippen LogP) is 2.01. The van der Waals surface area contributed by atoms with Gasteiger partial charge in [-0.25, -0.2) is 0 Å². The number of aromatic nitrogens is 1. The quantitative estimate of drug-likeness (QED) is 0.392. The van der Waals surface area contributed by atoms with Gasteiger partial charge in [0.15, 0.2) is 0 Å². The molecule has 0 radical (unpaired) electrons. The van der Waals surface area contributed by atoms with Crippen LogP contribution in [0.25, 0.3) is 21.8 Å². The number of hydrogen-bond donors (Lipinski definition) is 3. The normalized spacial score (nSPS) is 11.0. The Morgan fingerprint density at radius 2 is 1.87 bits per heavy atom. The summed E-state index contributed by atoms with van der Waals surface area (Å²) in [6.45, 7) is 0.423. The van der Waals surface area contributed by atoms with E-state index in [1.807, 2.05) is 42.9 Å². The van der Waals surface area contributed by atoms with Crippen LogP contribution in [0.2, 0.25) is 0 Å². The lowest BCUT2D eigenvalue weighted by Gasteiger charge is -2.16. The smallest absolute Gasteiger partial charge is 0.250 e. The Labute approximate surface area is 133 Å². The monoisotopic (exact) mass is 309 g/mol. The van der Waals surface area contributed by atoms with E-state index in [0.717, 1.165) is 21.8 Å². The minimum absolute atomic E-state index is 0.322. The minimum atomic E-state index is -0.540. The van der Waals surface area contributed by atoms with Crippen molar-refractivity contribution in [1.82, 2.24) is 9.47 Å². The molecule has 1 heterocycles. The molecule has 6 nitrogen and oxygen atoms in total. The molecule has 3 rings (SSSR count). The zero-order chi connectivity index (χ0) is 16.7. The van der Waals surface area contributed by atoms with Crippen molar-refractivity contribution < 1.29 is 4.79 Å². The number of primary amides is 1. The number of nitrogens with one attached hydrogen (secondary N) is 1. The number of fused-ring (bicyclic) bond motifs is 3. The number of rotatable bonds is 3. The molecular formula is C17H19N5O. The van der Waals surface area contributed by atoms with Crippen molar-refractivity contribution in [1.29, 1.82) is 5.41 Å². The molecule has 3 aromatic rings. The third-order valence-corrected chi connectivity index (χ3v) is 4.06. The molecule has 0 saturated carbocycles. The largest absolute Gasteiger partial charge is 0.398 e. The van der Waals surface area contributed by atoms with Crippen LogP contribution in [0.15, 0.2) is 36.4 Å². The fourth-order valence-electron chi connectivity index (χ4n) is 2.78. The molecule has 2 aromatic carbocycles. The predicted molar refractivity (Wildman–Crippen MR) is 93.8 cm³/mol. The van der Waals surface area contributed by atoms with Crippen molar-refractivity contribution in [3.63, 3.8) is 0 Å². The fourth-order valence-corrected chi connectivity index (χ4v) is 2.78. The van der Waals surface area contributed by atoms with Crippen molar-refractivity contribution in [2.24, 2.45) is 5.73 Å². The van der Waals surface area contributed by atoms with E-state index in [2.05, 4.69) is 0 Å². The first-order chi connectivity index (χ1) is 10.9. The van der Waals surface area contributed by atoms with E-state index >= 15 is 0 Å². The summed E-state index contributed by atoms with van der Waals surface area (Å²) in [4.78, 5) is 13.3. The molecule has 0 unspecified atom stereocenters. The second-order valence-electron chi connectivity index (χ2n) is 5.77. The van der Waals surface area contributed by atoms with E-state index in [0.29, 0.717) is 23.6 Å². The summed E-state index contributed by atoms with van der Waals surface area (Å²) in [6, 6.07) is 11.4. The molecule has 5 N–H and O–H groups in total. The summed E-state index contributed by atoms with van der Waals surface area (Å²) >= 11 is 0. The zero-order valence-electron chi connectivity index (χ0n) is 13.1. The fraction of sp³-hybridized carbons (Fsp3) is 0.176. The van der Waals surface area contributed by atoms with Gasteiger partial charge in [-0.2, -0.15) is 0 Å². The van der Waals surface area contributed by atoms with Crippen LogP contribution in [0, 0.1) is 5.41 Å². The lowest BCUT2D eigenvalue weighted by Crippen LogP contribution is -2.25. The molecule has 0 aliphatic heterocycles. The van der Waals surface area contributed by atoms with E-state index in [-0.39, 0.29) is 0 Å². The Kier molecular flexibility index (Phi) is 3.44. The molecule has 118 valence electrons. The number of benzene rings is 2. The van der Waals surface area contributed by atoms with Crippen molar-refractivity contribution in [2.45, 2.75) is 6.54 Å². The van der Waals surface area contributed by atoms with Crippen LogP contribution in [0.5, 0.6) is 0 Å². The van der Waals surface area contributed by atoms with Gasteiger partial charge in [-0.3, -0.25) is 10.2 Å². The van der Waals surface area contributed by atoms with Crippen LogP contribution in [0.3, 0.4) is 0 Å². The number of nitrogen functional groups attached to an aromatic ring is 1. The first-order valence-electron chi connectivity index (χ1n) is 7.25. The molecule has 0 bridgehead atoms. The number of nitrogens with zero attached hydrogens (tertiary/aromatic N) is 2. The lowest BCUT2D eigenvalue weighted by atomic mass is 10.1. The second-order valence-corrected chi connectivity index (χ2v) is 5.77. The Morgan fingerprint density at radius 3 is 2.52 bits per heavy atom. The molecule has 23 heavy (non-hydrogen) atoms. The van der Waals surface area contributed by atoms with Crippen LogP contribution < -0.4 is 11.5 Å². The maximum atomic E-state index is 11.6. The van der Waals surface area contributed by atoms with Crippen molar-refractivity contribution in [3.05, 3.63) is 42.0 Å². The van der Waals surface area contributed by atoms with Gasteiger partial charge in [0, 0.05) is 36.1 Å². The van der Waals surface area contributed by atoms with Crippen molar-refractivity contribution in [2.75, 3.05) is 19.8 Å². The summed E-state index contributed by atoms with van der Waals surface area (Å²) in [5, 5.41) is 10.1. The first-order valence-corrected chi connectivity index (χ1v) is 7.25. The highest BCUT2D eigenvalue weighted by molar-refractivity contribution is 6.13. The average molecular weight is 309 g/mol. The highest BCUT2D eigenvalue weighted by atomic mass is 16.1. The first kappa shape index (κ1) is 14.9. The summed E-state index contributed by atoms with van der Waals surface area (Å²) in [5.41, 5.74) is 14.0. The van der Waals surface area contributed by atoms with Crippen LogP contribution in [-0.4, -0.2) is 35.3 Å². The Morgan fingerprint density at radius 1 is 1.17 bits per heavy atom. The third-order valence-electron chi connectivity index (χ3n) is 4.06. The SMILES string of the molecule is CN(C)C(=N)Cn1c2ccccc2c2cc(C(N)=O)c(N)cc21. The van der Waals surface area contributed by atoms with Gasteiger partial charge in [0.2, 0.25) is 0 Å². The Balaban J connectivity index is 2.35. The maximum absolute atomic E-state index is 11.6. The Bertz CT molecular complexity index is 939. The molecular weight excluding hydrogens is 290 g/mol. The number of hydrogen-bond acceptors (Lipinski definition) is 3. The molecule has 1 aromatic heterocycles. The summed E-state index contributed by atoms with van der Waals surface area (Å²) in [5.74, 6) is -0.0625. The molecule has 1 amide bonds. The number of para-hydroxylation sites is 1. The number of carbonyl (C=O) groups excluding carboxylic acids is 1. The van der Waals surface area contributed by atoms with Gasteiger partial charge in [0.25, 0.3) is 5.91 Å². The average Bonchev–Trinajstić information content (AvgIpc) is 2.80.